The fourth-order valence-corrected chi connectivity index (χ4v) is 3.38. The van der Waals surface area contributed by atoms with Crippen LogP contribution in [0.5, 0.6) is 5.75 Å². The minimum absolute atomic E-state index is 0.0469. The molecule has 7 heteroatoms. The van der Waals surface area contributed by atoms with Crippen LogP contribution in [0, 0.1) is 5.92 Å². The van der Waals surface area contributed by atoms with Crippen molar-refractivity contribution in [2.75, 3.05) is 30.4 Å². The molecule has 0 radical (unpaired) electrons. The second kappa shape index (κ2) is 7.03. The van der Waals surface area contributed by atoms with Crippen molar-refractivity contribution in [1.82, 2.24) is 14.6 Å². The highest BCUT2D eigenvalue weighted by molar-refractivity contribution is 5.93. The number of nitrogens with zero attached hydrogens (tertiary/aromatic N) is 4. The van der Waals surface area contributed by atoms with Crippen LogP contribution in [-0.2, 0) is 4.79 Å². The molecule has 1 aliphatic rings. The SMILES string of the molecule is COc1ccc(NC(=O)C2CCCN(c3ccnc4ccnn34)C2)cc1. The number of benzene rings is 1. The normalized spacial score (nSPS) is 17.3. The van der Waals surface area contributed by atoms with Crippen LogP contribution in [0.25, 0.3) is 5.65 Å². The molecule has 7 nitrogen and oxygen atoms in total. The number of piperidine rings is 1. The van der Waals surface area contributed by atoms with E-state index in [4.69, 9.17) is 4.74 Å². The zero-order valence-electron chi connectivity index (χ0n) is 14.6. The molecule has 2 aromatic heterocycles. The standard InChI is InChI=1S/C19H21N5O2/c1-26-16-6-4-15(5-7-16)22-19(25)14-3-2-12-23(13-14)18-9-10-20-17-8-11-21-24(17)18/h4-11,14H,2-3,12-13H2,1H3,(H,22,25). The summed E-state index contributed by atoms with van der Waals surface area (Å²) in [4.78, 5) is 19.2. The number of carbonyl (C=O) groups is 1. The molecule has 0 saturated carbocycles. The number of carbonyl (C=O) groups excluding carboxylic acids is 1. The van der Waals surface area contributed by atoms with Gasteiger partial charge in [0.15, 0.2) is 5.65 Å². The van der Waals surface area contributed by atoms with Crippen molar-refractivity contribution in [3.8, 4) is 5.75 Å². The summed E-state index contributed by atoms with van der Waals surface area (Å²) < 4.78 is 6.97. The molecule has 0 spiro atoms. The summed E-state index contributed by atoms with van der Waals surface area (Å²) in [5.41, 5.74) is 1.60. The predicted molar refractivity (Wildman–Crippen MR) is 99.5 cm³/mol. The Morgan fingerprint density at radius 1 is 1.19 bits per heavy atom. The molecule has 1 unspecified atom stereocenters. The number of nitrogens with one attached hydrogen (secondary N) is 1. The predicted octanol–water partition coefficient (Wildman–Crippen LogP) is 2.59. The summed E-state index contributed by atoms with van der Waals surface area (Å²) >= 11 is 0. The molecule has 1 fully saturated rings. The molecule has 1 amide bonds. The zero-order valence-corrected chi connectivity index (χ0v) is 14.6. The van der Waals surface area contributed by atoms with Gasteiger partial charge >= 0.3 is 0 Å². The van der Waals surface area contributed by atoms with Crippen molar-refractivity contribution in [2.45, 2.75) is 12.8 Å². The number of amides is 1. The Bertz CT molecular complexity index is 906. The number of methoxy groups -OCH3 is 1. The molecule has 1 aliphatic heterocycles. The van der Waals surface area contributed by atoms with Crippen LogP contribution in [-0.4, -0.2) is 40.7 Å². The number of rotatable bonds is 4. The topological polar surface area (TPSA) is 71.8 Å². The molecule has 0 bridgehead atoms. The number of aromatic nitrogens is 3. The van der Waals surface area contributed by atoms with Crippen molar-refractivity contribution in [3.05, 3.63) is 48.8 Å². The molecule has 4 rings (SSSR count). The molecular weight excluding hydrogens is 330 g/mol. The van der Waals surface area contributed by atoms with Crippen molar-refractivity contribution in [2.24, 2.45) is 5.92 Å². The second-order valence-corrected chi connectivity index (χ2v) is 6.41. The number of hydrogen-bond donors (Lipinski definition) is 1. The van der Waals surface area contributed by atoms with Crippen molar-refractivity contribution in [3.63, 3.8) is 0 Å². The maximum atomic E-state index is 12.7. The molecule has 3 aromatic rings. The smallest absolute Gasteiger partial charge is 0.229 e. The quantitative estimate of drug-likeness (QED) is 0.782. The first-order valence-corrected chi connectivity index (χ1v) is 8.73. The van der Waals surface area contributed by atoms with Gasteiger partial charge in [-0.3, -0.25) is 4.79 Å². The van der Waals surface area contributed by atoms with Crippen LogP contribution < -0.4 is 15.0 Å². The Morgan fingerprint density at radius 2 is 2.04 bits per heavy atom. The van der Waals surface area contributed by atoms with Crippen LogP contribution in [0.2, 0.25) is 0 Å². The van der Waals surface area contributed by atoms with Gasteiger partial charge in [-0.05, 0) is 43.2 Å². The first-order chi connectivity index (χ1) is 12.7. The summed E-state index contributed by atoms with van der Waals surface area (Å²) in [6.45, 7) is 1.58. The van der Waals surface area contributed by atoms with Crippen LogP contribution in [0.1, 0.15) is 12.8 Å². The molecule has 1 aromatic carbocycles. The Kier molecular flexibility index (Phi) is 4.43. The molecule has 0 aliphatic carbocycles. The van der Waals surface area contributed by atoms with Gasteiger partial charge in [-0.25, -0.2) is 4.98 Å². The lowest BCUT2D eigenvalue weighted by atomic mass is 9.97. The molecule has 1 N–H and O–H groups in total. The van der Waals surface area contributed by atoms with Crippen molar-refractivity contribution < 1.29 is 9.53 Å². The Labute approximate surface area is 151 Å². The molecule has 134 valence electrons. The lowest BCUT2D eigenvalue weighted by molar-refractivity contribution is -0.120. The van der Waals surface area contributed by atoms with E-state index in [0.717, 1.165) is 42.3 Å². The third kappa shape index (κ3) is 3.20. The maximum absolute atomic E-state index is 12.7. The summed E-state index contributed by atoms with van der Waals surface area (Å²) in [7, 11) is 1.62. The first-order valence-electron chi connectivity index (χ1n) is 8.73. The third-order valence-corrected chi connectivity index (χ3v) is 4.74. The van der Waals surface area contributed by atoms with Crippen LogP contribution in [0.4, 0.5) is 11.5 Å². The van der Waals surface area contributed by atoms with Gasteiger partial charge in [-0.2, -0.15) is 9.61 Å². The maximum Gasteiger partial charge on any atom is 0.229 e. The van der Waals surface area contributed by atoms with Gasteiger partial charge in [0.2, 0.25) is 5.91 Å². The van der Waals surface area contributed by atoms with E-state index in [2.05, 4.69) is 20.3 Å². The van der Waals surface area contributed by atoms with E-state index in [9.17, 15) is 4.79 Å². The molecule has 1 saturated heterocycles. The average molecular weight is 351 g/mol. The lowest BCUT2D eigenvalue weighted by Gasteiger charge is -2.33. The highest BCUT2D eigenvalue weighted by Gasteiger charge is 2.27. The van der Waals surface area contributed by atoms with Gasteiger partial charge in [0, 0.05) is 31.0 Å². The van der Waals surface area contributed by atoms with Crippen molar-refractivity contribution in [1.29, 1.82) is 0 Å². The van der Waals surface area contributed by atoms with Gasteiger partial charge in [0.1, 0.15) is 11.6 Å². The highest BCUT2D eigenvalue weighted by atomic mass is 16.5. The Morgan fingerprint density at radius 3 is 2.85 bits per heavy atom. The van der Waals surface area contributed by atoms with Gasteiger partial charge in [-0.15, -0.1) is 0 Å². The van der Waals surface area contributed by atoms with Crippen LogP contribution in [0.3, 0.4) is 0 Å². The largest absolute Gasteiger partial charge is 0.497 e. The zero-order chi connectivity index (χ0) is 17.9. The Balaban J connectivity index is 1.47. The molecule has 3 heterocycles. The summed E-state index contributed by atoms with van der Waals surface area (Å²) in [5, 5.41) is 7.36. The third-order valence-electron chi connectivity index (χ3n) is 4.74. The van der Waals surface area contributed by atoms with Gasteiger partial charge in [0.05, 0.1) is 19.2 Å². The van der Waals surface area contributed by atoms with E-state index >= 15 is 0 Å². The van der Waals surface area contributed by atoms with E-state index in [1.807, 2.05) is 40.9 Å². The van der Waals surface area contributed by atoms with Crippen molar-refractivity contribution >= 4 is 23.1 Å². The Hall–Kier alpha value is -3.09. The average Bonchev–Trinajstić information content (AvgIpc) is 3.17. The summed E-state index contributed by atoms with van der Waals surface area (Å²) in [6.07, 6.45) is 5.37. The molecular formula is C19H21N5O2. The van der Waals surface area contributed by atoms with Crippen LogP contribution in [0.15, 0.2) is 48.8 Å². The number of anilines is 2. The molecule has 1 atom stereocenters. The number of hydrogen-bond acceptors (Lipinski definition) is 5. The molecule has 26 heavy (non-hydrogen) atoms. The van der Waals surface area contributed by atoms with Crippen LogP contribution >= 0.6 is 0 Å². The van der Waals surface area contributed by atoms with Gasteiger partial charge < -0.3 is 15.0 Å². The fraction of sp³-hybridized carbons (Fsp3) is 0.316. The monoisotopic (exact) mass is 351 g/mol. The fourth-order valence-electron chi connectivity index (χ4n) is 3.38. The van der Waals surface area contributed by atoms with E-state index in [1.165, 1.54) is 0 Å². The minimum Gasteiger partial charge on any atom is -0.497 e. The van der Waals surface area contributed by atoms with E-state index in [1.54, 1.807) is 19.5 Å². The van der Waals surface area contributed by atoms with E-state index in [-0.39, 0.29) is 11.8 Å². The minimum atomic E-state index is -0.0652. The lowest BCUT2D eigenvalue weighted by Crippen LogP contribution is -2.41. The van der Waals surface area contributed by atoms with Gasteiger partial charge in [0.25, 0.3) is 0 Å². The number of fused-ring (bicyclic) bond motifs is 1. The first kappa shape index (κ1) is 16.4. The van der Waals surface area contributed by atoms with E-state index in [0.29, 0.717) is 6.54 Å². The van der Waals surface area contributed by atoms with Gasteiger partial charge in [-0.1, -0.05) is 0 Å². The second-order valence-electron chi connectivity index (χ2n) is 6.41. The van der Waals surface area contributed by atoms with E-state index < -0.39 is 0 Å². The number of ether oxygens (including phenoxy) is 1. The summed E-state index contributed by atoms with van der Waals surface area (Å²) in [6, 6.07) is 11.2. The summed E-state index contributed by atoms with van der Waals surface area (Å²) in [5.74, 6) is 1.73. The highest BCUT2D eigenvalue weighted by Crippen LogP contribution is 2.24.